The molecule has 0 heterocycles. The van der Waals surface area contributed by atoms with E-state index in [9.17, 15) is 4.79 Å². The van der Waals surface area contributed by atoms with Gasteiger partial charge >= 0.3 is 0 Å². The minimum absolute atomic E-state index is 0.0447. The second-order valence-corrected chi connectivity index (χ2v) is 4.75. The fraction of sp³-hybridized carbons (Fsp3) is 0.778. The molecule has 0 aliphatic carbocycles. The molecule has 0 saturated carbocycles. The molecule has 76 valence electrons. The van der Waals surface area contributed by atoms with Crippen LogP contribution in [0.5, 0.6) is 0 Å². The van der Waals surface area contributed by atoms with E-state index in [0.29, 0.717) is 18.7 Å². The molecule has 0 aromatic rings. The zero-order chi connectivity index (χ0) is 10.5. The topological polar surface area (TPSA) is 29.1 Å². The Kier molecular flexibility index (Phi) is 5.56. The molecule has 0 bridgehead atoms. The lowest BCUT2D eigenvalue weighted by Gasteiger charge is -2.22. The summed E-state index contributed by atoms with van der Waals surface area (Å²) < 4.78 is 0. The van der Waals surface area contributed by atoms with Crippen molar-refractivity contribution in [3.05, 3.63) is 0 Å². The summed E-state index contributed by atoms with van der Waals surface area (Å²) in [5.74, 6) is 0.714. The van der Waals surface area contributed by atoms with Crippen LogP contribution >= 0.6 is 24.8 Å². The third-order valence-electron chi connectivity index (χ3n) is 1.99. The normalized spacial score (nSPS) is 11.1. The maximum Gasteiger partial charge on any atom is 0.220 e. The van der Waals surface area contributed by atoms with Crippen molar-refractivity contribution in [2.24, 2.45) is 5.41 Å². The first-order valence-corrected chi connectivity index (χ1v) is 5.33. The van der Waals surface area contributed by atoms with Crippen molar-refractivity contribution < 1.29 is 4.79 Å². The van der Waals surface area contributed by atoms with Crippen molar-refractivity contribution in [2.75, 3.05) is 12.3 Å². The maximum atomic E-state index is 11.3. The van der Waals surface area contributed by atoms with Crippen LogP contribution in [0.4, 0.5) is 0 Å². The van der Waals surface area contributed by atoms with Gasteiger partial charge in [0.05, 0.1) is 0 Å². The summed E-state index contributed by atoms with van der Waals surface area (Å²) >= 11 is 9.07. The van der Waals surface area contributed by atoms with E-state index in [-0.39, 0.29) is 11.3 Å². The van der Waals surface area contributed by atoms with Crippen molar-refractivity contribution in [3.63, 3.8) is 0 Å². The smallest absolute Gasteiger partial charge is 0.220 e. The molecular formula is C9H17NOS2. The molecule has 0 aromatic carbocycles. The van der Waals surface area contributed by atoms with E-state index in [1.54, 1.807) is 0 Å². The zero-order valence-electron chi connectivity index (χ0n) is 8.39. The van der Waals surface area contributed by atoms with Crippen molar-refractivity contribution in [1.82, 2.24) is 5.32 Å². The fourth-order valence-electron chi connectivity index (χ4n) is 0.784. The number of amides is 1. The van der Waals surface area contributed by atoms with Crippen molar-refractivity contribution in [1.29, 1.82) is 0 Å². The molecule has 4 heteroatoms. The SMILES string of the molecule is CC(=S)C(C)(C)CC(=O)NCCS. The Morgan fingerprint density at radius 2 is 2.08 bits per heavy atom. The monoisotopic (exact) mass is 219 g/mol. The van der Waals surface area contributed by atoms with Gasteiger partial charge in [-0.1, -0.05) is 26.1 Å². The van der Waals surface area contributed by atoms with Crippen LogP contribution in [0.15, 0.2) is 0 Å². The lowest BCUT2D eigenvalue weighted by Crippen LogP contribution is -2.32. The molecule has 0 saturated heterocycles. The van der Waals surface area contributed by atoms with Gasteiger partial charge in [-0.15, -0.1) is 0 Å². The number of nitrogens with one attached hydrogen (secondary N) is 1. The van der Waals surface area contributed by atoms with Gasteiger partial charge in [0, 0.05) is 24.1 Å². The first kappa shape index (κ1) is 12.9. The lowest BCUT2D eigenvalue weighted by molar-refractivity contribution is -0.122. The molecule has 0 aliphatic heterocycles. The van der Waals surface area contributed by atoms with Gasteiger partial charge in [-0.3, -0.25) is 4.79 Å². The summed E-state index contributed by atoms with van der Waals surface area (Å²) in [6.45, 7) is 6.46. The molecule has 2 nitrogen and oxygen atoms in total. The van der Waals surface area contributed by atoms with E-state index < -0.39 is 0 Å². The number of hydrogen-bond acceptors (Lipinski definition) is 3. The van der Waals surface area contributed by atoms with Crippen molar-refractivity contribution >= 4 is 35.6 Å². The summed E-state index contributed by atoms with van der Waals surface area (Å²) in [5.41, 5.74) is -0.185. The van der Waals surface area contributed by atoms with Crippen molar-refractivity contribution in [2.45, 2.75) is 27.2 Å². The highest BCUT2D eigenvalue weighted by atomic mass is 32.1. The summed E-state index contributed by atoms with van der Waals surface area (Å²) in [5, 5.41) is 2.77. The van der Waals surface area contributed by atoms with Gasteiger partial charge in [0.15, 0.2) is 0 Å². The Morgan fingerprint density at radius 3 is 2.46 bits per heavy atom. The summed E-state index contributed by atoms with van der Waals surface area (Å²) in [4.78, 5) is 12.2. The number of thiol groups is 1. The van der Waals surface area contributed by atoms with Crippen LogP contribution in [0.25, 0.3) is 0 Å². The van der Waals surface area contributed by atoms with Gasteiger partial charge in [0.1, 0.15) is 0 Å². The van der Waals surface area contributed by atoms with Gasteiger partial charge in [0.2, 0.25) is 5.91 Å². The standard InChI is InChI=1S/C9H17NOS2/c1-7(13)9(2,3)6-8(11)10-4-5-12/h12H,4-6H2,1-3H3,(H,10,11). The molecule has 0 aliphatic rings. The lowest BCUT2D eigenvalue weighted by atomic mass is 9.86. The minimum atomic E-state index is -0.185. The van der Waals surface area contributed by atoms with Gasteiger partial charge < -0.3 is 5.32 Å². The van der Waals surface area contributed by atoms with Crippen LogP contribution in [0.1, 0.15) is 27.2 Å². The van der Waals surface area contributed by atoms with E-state index in [0.717, 1.165) is 4.86 Å². The van der Waals surface area contributed by atoms with E-state index in [4.69, 9.17) is 12.2 Å². The molecular weight excluding hydrogens is 202 g/mol. The number of hydrogen-bond donors (Lipinski definition) is 2. The summed E-state index contributed by atoms with van der Waals surface area (Å²) in [7, 11) is 0. The van der Waals surface area contributed by atoms with Gasteiger partial charge in [0.25, 0.3) is 0 Å². The minimum Gasteiger partial charge on any atom is -0.355 e. The zero-order valence-corrected chi connectivity index (χ0v) is 10.1. The van der Waals surface area contributed by atoms with Crippen LogP contribution in [0.3, 0.4) is 0 Å². The summed E-state index contributed by atoms with van der Waals surface area (Å²) in [6, 6.07) is 0. The molecule has 0 fully saturated rings. The number of rotatable bonds is 5. The summed E-state index contributed by atoms with van der Waals surface area (Å²) in [6.07, 6.45) is 0.454. The third kappa shape index (κ3) is 5.26. The maximum absolute atomic E-state index is 11.3. The Morgan fingerprint density at radius 1 is 1.54 bits per heavy atom. The van der Waals surface area contributed by atoms with Gasteiger partial charge in [-0.05, 0) is 11.8 Å². The van der Waals surface area contributed by atoms with E-state index in [2.05, 4.69) is 17.9 Å². The Balaban J connectivity index is 3.97. The quantitative estimate of drug-likeness (QED) is 0.546. The highest BCUT2D eigenvalue weighted by Gasteiger charge is 2.23. The second kappa shape index (κ2) is 5.60. The largest absolute Gasteiger partial charge is 0.355 e. The second-order valence-electron chi connectivity index (χ2n) is 3.69. The van der Waals surface area contributed by atoms with E-state index in [1.807, 2.05) is 20.8 Å². The molecule has 0 spiro atoms. The van der Waals surface area contributed by atoms with E-state index >= 15 is 0 Å². The molecule has 1 N–H and O–H groups in total. The molecule has 0 atom stereocenters. The number of thiocarbonyl (C=S) groups is 1. The van der Waals surface area contributed by atoms with Crippen LogP contribution in [0.2, 0.25) is 0 Å². The predicted molar refractivity (Wildman–Crippen MR) is 63.5 cm³/mol. The third-order valence-corrected chi connectivity index (χ3v) is 2.77. The average molecular weight is 219 g/mol. The number of carbonyl (C=O) groups is 1. The Hall–Kier alpha value is -0.0900. The average Bonchev–Trinajstić information content (AvgIpc) is 1.99. The number of carbonyl (C=O) groups excluding carboxylic acids is 1. The van der Waals surface area contributed by atoms with Gasteiger partial charge in [-0.2, -0.15) is 12.6 Å². The van der Waals surface area contributed by atoms with Crippen molar-refractivity contribution in [3.8, 4) is 0 Å². The van der Waals surface area contributed by atoms with Crippen LogP contribution < -0.4 is 5.32 Å². The fourth-order valence-corrected chi connectivity index (χ4v) is 0.968. The van der Waals surface area contributed by atoms with E-state index in [1.165, 1.54) is 0 Å². The highest BCUT2D eigenvalue weighted by Crippen LogP contribution is 2.22. The van der Waals surface area contributed by atoms with Crippen LogP contribution in [0, 0.1) is 5.41 Å². The molecule has 1 amide bonds. The first-order valence-electron chi connectivity index (χ1n) is 4.29. The van der Waals surface area contributed by atoms with Crippen LogP contribution in [-0.2, 0) is 4.79 Å². The molecule has 0 unspecified atom stereocenters. The van der Waals surface area contributed by atoms with Gasteiger partial charge in [-0.25, -0.2) is 0 Å². The molecule has 0 radical (unpaired) electrons. The predicted octanol–water partition coefficient (Wildman–Crippen LogP) is 1.84. The molecule has 0 rings (SSSR count). The Bertz CT molecular complexity index is 202. The molecule has 0 aromatic heterocycles. The first-order chi connectivity index (χ1) is 5.90. The Labute approximate surface area is 90.9 Å². The highest BCUT2D eigenvalue weighted by molar-refractivity contribution is 7.80. The molecule has 13 heavy (non-hydrogen) atoms. The van der Waals surface area contributed by atoms with Crippen LogP contribution in [-0.4, -0.2) is 23.1 Å².